The average Bonchev–Trinajstić information content (AvgIpc) is 2.53. The van der Waals surface area contributed by atoms with Gasteiger partial charge in [-0.3, -0.25) is 0 Å². The van der Waals surface area contributed by atoms with Gasteiger partial charge in [0.25, 0.3) is 0 Å². The molecule has 0 aliphatic carbocycles. The molecule has 1 atom stereocenters. The van der Waals surface area contributed by atoms with E-state index in [0.29, 0.717) is 10.7 Å². The molecule has 1 unspecified atom stereocenters. The van der Waals surface area contributed by atoms with Crippen LogP contribution in [0.2, 0.25) is 5.02 Å². The molecule has 2 aromatic rings. The molecule has 5 heteroatoms. The van der Waals surface area contributed by atoms with Gasteiger partial charge in [-0.25, -0.2) is 4.79 Å². The van der Waals surface area contributed by atoms with E-state index >= 15 is 0 Å². The van der Waals surface area contributed by atoms with Crippen LogP contribution in [0.4, 0.5) is 5.69 Å². The van der Waals surface area contributed by atoms with E-state index in [-0.39, 0.29) is 5.97 Å². The van der Waals surface area contributed by atoms with Gasteiger partial charge in [0.1, 0.15) is 0 Å². The summed E-state index contributed by atoms with van der Waals surface area (Å²) in [5, 5.41) is 3.70. The number of para-hydroxylation sites is 1. The van der Waals surface area contributed by atoms with Crippen molar-refractivity contribution in [2.45, 2.75) is 10.9 Å². The number of anilines is 1. The molecule has 0 spiro atoms. The number of benzene rings is 2. The highest BCUT2D eigenvalue weighted by Gasteiger charge is 2.22. The molecular weight excluding hydrogens is 306 g/mol. The summed E-state index contributed by atoms with van der Waals surface area (Å²) in [6, 6.07) is 14.5. The van der Waals surface area contributed by atoms with Crippen LogP contribution in [0.5, 0.6) is 0 Å². The number of halogens is 1. The van der Waals surface area contributed by atoms with E-state index < -0.39 is 6.04 Å². The molecule has 0 heterocycles. The first kappa shape index (κ1) is 15.7. The van der Waals surface area contributed by atoms with E-state index in [9.17, 15) is 4.79 Å². The number of esters is 1. The third-order valence-corrected chi connectivity index (χ3v) is 4.13. The molecule has 3 nitrogen and oxygen atoms in total. The Kier molecular flexibility index (Phi) is 5.53. The Morgan fingerprint density at radius 1 is 1.19 bits per heavy atom. The average molecular weight is 322 g/mol. The van der Waals surface area contributed by atoms with Crippen LogP contribution in [0.25, 0.3) is 0 Å². The van der Waals surface area contributed by atoms with Crippen molar-refractivity contribution in [3.63, 3.8) is 0 Å². The number of thioether (sulfide) groups is 1. The zero-order valence-electron chi connectivity index (χ0n) is 11.8. The third-order valence-electron chi connectivity index (χ3n) is 3.06. The van der Waals surface area contributed by atoms with Crippen LogP contribution >= 0.6 is 23.4 Å². The predicted octanol–water partition coefficient (Wildman–Crippen LogP) is 4.39. The summed E-state index contributed by atoms with van der Waals surface area (Å²) in [4.78, 5) is 13.2. The maximum absolute atomic E-state index is 12.0. The van der Waals surface area contributed by atoms with Crippen molar-refractivity contribution >= 4 is 35.0 Å². The Hall–Kier alpha value is -1.65. The molecule has 2 aromatic carbocycles. The van der Waals surface area contributed by atoms with E-state index in [0.717, 1.165) is 10.5 Å². The van der Waals surface area contributed by atoms with Crippen molar-refractivity contribution in [1.82, 2.24) is 0 Å². The number of methoxy groups -OCH3 is 1. The zero-order chi connectivity index (χ0) is 15.2. The van der Waals surface area contributed by atoms with Crippen molar-refractivity contribution in [3.05, 3.63) is 59.1 Å². The Balaban J connectivity index is 2.30. The molecule has 2 rings (SSSR count). The van der Waals surface area contributed by atoms with Crippen molar-refractivity contribution < 1.29 is 9.53 Å². The minimum absolute atomic E-state index is 0.355. The van der Waals surface area contributed by atoms with Gasteiger partial charge < -0.3 is 10.1 Å². The van der Waals surface area contributed by atoms with Crippen LogP contribution in [0.3, 0.4) is 0 Å². The van der Waals surface area contributed by atoms with Crippen molar-refractivity contribution in [2.75, 3.05) is 18.7 Å². The molecule has 1 N–H and O–H groups in total. The third kappa shape index (κ3) is 3.93. The normalized spacial score (nSPS) is 11.8. The number of carbonyl (C=O) groups is 1. The topological polar surface area (TPSA) is 38.3 Å². The van der Waals surface area contributed by atoms with Crippen molar-refractivity contribution in [1.29, 1.82) is 0 Å². The van der Waals surface area contributed by atoms with Gasteiger partial charge >= 0.3 is 5.97 Å². The fourth-order valence-corrected chi connectivity index (χ4v) is 2.52. The van der Waals surface area contributed by atoms with E-state index in [1.807, 2.05) is 48.7 Å². The summed E-state index contributed by atoms with van der Waals surface area (Å²) in [5.41, 5.74) is 1.53. The Morgan fingerprint density at radius 2 is 1.86 bits per heavy atom. The maximum atomic E-state index is 12.0. The van der Waals surface area contributed by atoms with Crippen LogP contribution in [-0.2, 0) is 9.53 Å². The molecule has 110 valence electrons. The molecule has 0 aromatic heterocycles. The first-order valence-corrected chi connectivity index (χ1v) is 7.99. The fraction of sp³-hybridized carbons (Fsp3) is 0.188. The number of nitrogens with one attached hydrogen (secondary N) is 1. The predicted molar refractivity (Wildman–Crippen MR) is 88.1 cm³/mol. The van der Waals surface area contributed by atoms with Crippen LogP contribution in [0.15, 0.2) is 53.4 Å². The van der Waals surface area contributed by atoms with Crippen LogP contribution in [0, 0.1) is 0 Å². The fourth-order valence-electron chi connectivity index (χ4n) is 1.93. The second-order valence-corrected chi connectivity index (χ2v) is 5.64. The summed E-state index contributed by atoms with van der Waals surface area (Å²) < 4.78 is 4.89. The highest BCUT2D eigenvalue weighted by molar-refractivity contribution is 7.98. The summed E-state index contributed by atoms with van der Waals surface area (Å²) in [6.45, 7) is 0. The molecule has 0 amide bonds. The zero-order valence-corrected chi connectivity index (χ0v) is 13.4. The van der Waals surface area contributed by atoms with Gasteiger partial charge in [-0.2, -0.15) is 0 Å². The highest BCUT2D eigenvalue weighted by Crippen LogP contribution is 2.27. The van der Waals surface area contributed by atoms with Gasteiger partial charge in [-0.05, 0) is 36.1 Å². The van der Waals surface area contributed by atoms with Crippen molar-refractivity contribution in [2.24, 2.45) is 0 Å². The van der Waals surface area contributed by atoms with E-state index in [1.165, 1.54) is 7.11 Å². The molecule has 0 aliphatic heterocycles. The molecule has 0 bridgehead atoms. The largest absolute Gasteiger partial charge is 0.467 e. The lowest BCUT2D eigenvalue weighted by atomic mass is 10.1. The molecule has 0 radical (unpaired) electrons. The number of carbonyl (C=O) groups excluding carboxylic acids is 1. The quantitative estimate of drug-likeness (QED) is 0.655. The number of ether oxygens (including phenoxy) is 1. The van der Waals surface area contributed by atoms with Gasteiger partial charge in [-0.1, -0.05) is 35.9 Å². The van der Waals surface area contributed by atoms with Gasteiger partial charge in [0, 0.05) is 4.90 Å². The molecular formula is C16H16ClNO2S. The van der Waals surface area contributed by atoms with Gasteiger partial charge in [-0.15, -0.1) is 11.8 Å². The lowest BCUT2D eigenvalue weighted by molar-refractivity contribution is -0.141. The van der Waals surface area contributed by atoms with Crippen LogP contribution < -0.4 is 5.32 Å². The van der Waals surface area contributed by atoms with E-state index in [4.69, 9.17) is 16.3 Å². The van der Waals surface area contributed by atoms with Crippen molar-refractivity contribution in [3.8, 4) is 0 Å². The molecule has 21 heavy (non-hydrogen) atoms. The van der Waals surface area contributed by atoms with Gasteiger partial charge in [0.2, 0.25) is 0 Å². The minimum atomic E-state index is -0.592. The first-order valence-electron chi connectivity index (χ1n) is 6.38. The smallest absolute Gasteiger partial charge is 0.332 e. The molecule has 0 fully saturated rings. The summed E-state index contributed by atoms with van der Waals surface area (Å²) >= 11 is 7.79. The van der Waals surface area contributed by atoms with Gasteiger partial charge in [0.05, 0.1) is 17.8 Å². The number of rotatable bonds is 5. The lowest BCUT2D eigenvalue weighted by Crippen LogP contribution is -2.22. The second kappa shape index (κ2) is 7.38. The number of hydrogen-bond acceptors (Lipinski definition) is 4. The molecule has 0 saturated carbocycles. The first-order chi connectivity index (χ1) is 10.2. The summed E-state index contributed by atoms with van der Waals surface area (Å²) in [5.74, 6) is -0.355. The van der Waals surface area contributed by atoms with E-state index in [2.05, 4.69) is 5.32 Å². The second-order valence-electron chi connectivity index (χ2n) is 4.35. The van der Waals surface area contributed by atoms with E-state index in [1.54, 1.807) is 17.8 Å². The number of hydrogen-bond donors (Lipinski definition) is 1. The Bertz CT molecular complexity index is 616. The lowest BCUT2D eigenvalue weighted by Gasteiger charge is -2.19. The van der Waals surface area contributed by atoms with Crippen LogP contribution in [0.1, 0.15) is 11.6 Å². The Morgan fingerprint density at radius 3 is 2.43 bits per heavy atom. The minimum Gasteiger partial charge on any atom is -0.467 e. The van der Waals surface area contributed by atoms with Gasteiger partial charge in [0.15, 0.2) is 6.04 Å². The molecule has 0 aliphatic rings. The van der Waals surface area contributed by atoms with Crippen LogP contribution in [-0.4, -0.2) is 19.3 Å². The maximum Gasteiger partial charge on any atom is 0.332 e. The summed E-state index contributed by atoms with van der Waals surface area (Å²) in [7, 11) is 1.37. The molecule has 0 saturated heterocycles. The standard InChI is InChI=1S/C16H16ClNO2S/c1-20-16(19)15(11-7-9-12(21-2)10-8-11)18-14-6-4-3-5-13(14)17/h3-10,15,18H,1-2H3. The summed E-state index contributed by atoms with van der Waals surface area (Å²) in [6.07, 6.45) is 2.01. The SMILES string of the molecule is COC(=O)C(Nc1ccccc1Cl)c1ccc(SC)cc1. The monoisotopic (exact) mass is 321 g/mol. The highest BCUT2D eigenvalue weighted by atomic mass is 35.5. The Labute approximate surface area is 133 Å².